The van der Waals surface area contributed by atoms with E-state index in [1.807, 2.05) is 43.3 Å². The zero-order valence-electron chi connectivity index (χ0n) is 15.2. The van der Waals surface area contributed by atoms with Crippen LogP contribution >= 0.6 is 23.8 Å². The van der Waals surface area contributed by atoms with E-state index >= 15 is 0 Å². The van der Waals surface area contributed by atoms with E-state index in [0.29, 0.717) is 15.9 Å². The van der Waals surface area contributed by atoms with Crippen molar-refractivity contribution >= 4 is 40.6 Å². The summed E-state index contributed by atoms with van der Waals surface area (Å²) in [5.41, 5.74) is 0.505. The third kappa shape index (κ3) is 2.93. The molecule has 0 amide bonds. The van der Waals surface area contributed by atoms with Gasteiger partial charge in [-0.05, 0) is 43.4 Å². The van der Waals surface area contributed by atoms with Crippen LogP contribution in [0.15, 0.2) is 61.2 Å². The molecule has 3 atom stereocenters. The van der Waals surface area contributed by atoms with E-state index in [-0.39, 0.29) is 18.6 Å². The van der Waals surface area contributed by atoms with E-state index in [4.69, 9.17) is 33.3 Å². The number of rotatable bonds is 4. The molecule has 28 heavy (non-hydrogen) atoms. The summed E-state index contributed by atoms with van der Waals surface area (Å²) in [5.74, 6) is -0.346. The number of anilines is 1. The number of benzene rings is 2. The van der Waals surface area contributed by atoms with Gasteiger partial charge in [0.2, 0.25) is 5.72 Å². The number of halogens is 1. The lowest BCUT2D eigenvalue weighted by Crippen LogP contribution is -2.71. The zero-order valence-corrected chi connectivity index (χ0v) is 16.8. The molecule has 2 aromatic carbocycles. The van der Waals surface area contributed by atoms with Gasteiger partial charge < -0.3 is 14.8 Å². The number of hydrogen-bond donors (Lipinski definition) is 1. The largest absolute Gasteiger partial charge is 0.466 e. The van der Waals surface area contributed by atoms with E-state index in [2.05, 4.69) is 11.9 Å². The fourth-order valence-electron chi connectivity index (χ4n) is 3.92. The molecule has 0 aromatic heterocycles. The lowest BCUT2D eigenvalue weighted by atomic mass is 9.79. The van der Waals surface area contributed by atoms with Crippen molar-refractivity contribution in [3.05, 3.63) is 71.8 Å². The Morgan fingerprint density at radius 3 is 2.93 bits per heavy atom. The highest BCUT2D eigenvalue weighted by molar-refractivity contribution is 7.80. The number of hydrogen-bond acceptors (Lipinski definition) is 4. The van der Waals surface area contributed by atoms with E-state index in [9.17, 15) is 4.79 Å². The Morgan fingerprint density at radius 2 is 2.18 bits per heavy atom. The van der Waals surface area contributed by atoms with Gasteiger partial charge in [-0.3, -0.25) is 9.69 Å². The molecule has 0 aliphatic carbocycles. The smallest absolute Gasteiger partial charge is 0.317 e. The number of thiocarbonyl (C=S) groups is 1. The highest BCUT2D eigenvalue weighted by Gasteiger charge is 2.59. The minimum absolute atomic E-state index is 0.126. The van der Waals surface area contributed by atoms with Crippen LogP contribution in [0.25, 0.3) is 0 Å². The average molecular weight is 415 g/mol. The molecule has 1 fully saturated rings. The van der Waals surface area contributed by atoms with Gasteiger partial charge in [0.1, 0.15) is 18.3 Å². The first-order valence-electron chi connectivity index (χ1n) is 8.87. The SMILES string of the molecule is C=CCOC(=O)[C@@H]1[C@H]2NC(=S)N(c3cccc(Cl)c3)[C@@]1(C)Oc1ccccc12. The lowest BCUT2D eigenvalue weighted by molar-refractivity contribution is -0.159. The van der Waals surface area contributed by atoms with Crippen molar-refractivity contribution in [1.29, 1.82) is 0 Å². The third-order valence-electron chi connectivity index (χ3n) is 5.07. The molecule has 1 saturated heterocycles. The second-order valence-corrected chi connectivity index (χ2v) is 7.66. The molecule has 0 radical (unpaired) electrons. The average Bonchev–Trinajstić information content (AvgIpc) is 2.65. The predicted octanol–water partition coefficient (Wildman–Crippen LogP) is 4.23. The van der Waals surface area contributed by atoms with Crippen LogP contribution < -0.4 is 15.0 Å². The topological polar surface area (TPSA) is 50.8 Å². The number of ether oxygens (including phenoxy) is 2. The maximum atomic E-state index is 13.1. The van der Waals surface area contributed by atoms with Crippen LogP contribution in [0.3, 0.4) is 0 Å². The van der Waals surface area contributed by atoms with Crippen molar-refractivity contribution in [2.24, 2.45) is 5.92 Å². The molecule has 144 valence electrons. The molecular formula is C21H19ClN2O3S. The van der Waals surface area contributed by atoms with Crippen LogP contribution in [0.1, 0.15) is 18.5 Å². The quantitative estimate of drug-likeness (QED) is 0.459. The number of carbonyl (C=O) groups excluding carboxylic acids is 1. The Hall–Kier alpha value is -2.57. The van der Waals surface area contributed by atoms with Gasteiger partial charge in [0.05, 0.1) is 6.04 Å². The fourth-order valence-corrected chi connectivity index (χ4v) is 4.52. The highest BCUT2D eigenvalue weighted by atomic mass is 35.5. The molecule has 2 bridgehead atoms. The minimum Gasteiger partial charge on any atom is -0.466 e. The van der Waals surface area contributed by atoms with Crippen molar-refractivity contribution < 1.29 is 14.3 Å². The van der Waals surface area contributed by atoms with Crippen LogP contribution in [0, 0.1) is 5.92 Å². The Morgan fingerprint density at radius 1 is 1.39 bits per heavy atom. The molecule has 2 aliphatic rings. The van der Waals surface area contributed by atoms with Crippen LogP contribution in [-0.2, 0) is 9.53 Å². The van der Waals surface area contributed by atoms with Crippen LogP contribution in [-0.4, -0.2) is 23.4 Å². The summed E-state index contributed by atoms with van der Waals surface area (Å²) < 4.78 is 11.8. The Balaban J connectivity index is 1.87. The van der Waals surface area contributed by atoms with Gasteiger partial charge in [-0.2, -0.15) is 0 Å². The molecule has 2 aromatic rings. The van der Waals surface area contributed by atoms with E-state index in [1.54, 1.807) is 23.1 Å². The minimum atomic E-state index is -1.09. The standard InChI is InChI=1S/C21H19ClN2O3S/c1-3-11-26-19(25)17-18-15-9-4-5-10-16(15)27-21(17,2)24(20(28)23-18)14-8-6-7-13(22)12-14/h3-10,12,17-18H,1,11H2,2H3,(H,23,28)/t17-,18-,21-/m0/s1. The number of para-hydroxylation sites is 1. The molecule has 2 heterocycles. The summed E-state index contributed by atoms with van der Waals surface area (Å²) in [6.07, 6.45) is 1.54. The molecule has 2 aliphatic heterocycles. The summed E-state index contributed by atoms with van der Waals surface area (Å²) in [6, 6.07) is 14.5. The fraction of sp³-hybridized carbons (Fsp3) is 0.238. The van der Waals surface area contributed by atoms with Gasteiger partial charge in [0.15, 0.2) is 5.11 Å². The maximum Gasteiger partial charge on any atom is 0.317 e. The first kappa shape index (κ1) is 18.8. The van der Waals surface area contributed by atoms with Crippen molar-refractivity contribution in [3.63, 3.8) is 0 Å². The molecule has 4 rings (SSSR count). The summed E-state index contributed by atoms with van der Waals surface area (Å²) in [5, 5.41) is 4.33. The zero-order chi connectivity index (χ0) is 19.9. The summed E-state index contributed by atoms with van der Waals surface area (Å²) in [6.45, 7) is 5.59. The van der Waals surface area contributed by atoms with Gasteiger partial charge in [0.25, 0.3) is 0 Å². The third-order valence-corrected chi connectivity index (χ3v) is 5.61. The second-order valence-electron chi connectivity index (χ2n) is 6.83. The van der Waals surface area contributed by atoms with Gasteiger partial charge in [-0.25, -0.2) is 0 Å². The second kappa shape index (κ2) is 7.11. The summed E-state index contributed by atoms with van der Waals surface area (Å²) in [4.78, 5) is 14.8. The van der Waals surface area contributed by atoms with Gasteiger partial charge >= 0.3 is 5.97 Å². The number of esters is 1. The molecule has 5 nitrogen and oxygen atoms in total. The van der Waals surface area contributed by atoms with Crippen LogP contribution in [0.4, 0.5) is 5.69 Å². The maximum absolute atomic E-state index is 13.1. The normalized spacial score (nSPS) is 25.2. The van der Waals surface area contributed by atoms with Gasteiger partial charge in [-0.1, -0.05) is 48.5 Å². The van der Waals surface area contributed by atoms with Gasteiger partial charge in [0, 0.05) is 16.3 Å². The first-order valence-corrected chi connectivity index (χ1v) is 9.66. The highest BCUT2D eigenvalue weighted by Crippen LogP contribution is 2.49. The number of carbonyl (C=O) groups is 1. The van der Waals surface area contributed by atoms with E-state index in [1.165, 1.54) is 0 Å². The van der Waals surface area contributed by atoms with Gasteiger partial charge in [-0.15, -0.1) is 0 Å². The first-order chi connectivity index (χ1) is 13.5. The van der Waals surface area contributed by atoms with E-state index in [0.717, 1.165) is 11.3 Å². The van der Waals surface area contributed by atoms with Crippen LogP contribution in [0.2, 0.25) is 5.02 Å². The number of fused-ring (bicyclic) bond motifs is 4. The van der Waals surface area contributed by atoms with Crippen LogP contribution in [0.5, 0.6) is 5.75 Å². The summed E-state index contributed by atoms with van der Waals surface area (Å²) >= 11 is 11.9. The molecule has 7 heteroatoms. The molecular weight excluding hydrogens is 396 g/mol. The van der Waals surface area contributed by atoms with Crippen molar-refractivity contribution in [3.8, 4) is 5.75 Å². The Bertz CT molecular complexity index is 966. The number of nitrogens with one attached hydrogen (secondary N) is 1. The van der Waals surface area contributed by atoms with Crippen molar-refractivity contribution in [2.75, 3.05) is 11.5 Å². The lowest BCUT2D eigenvalue weighted by Gasteiger charge is -2.55. The monoisotopic (exact) mass is 414 g/mol. The summed E-state index contributed by atoms with van der Waals surface area (Å²) in [7, 11) is 0. The predicted molar refractivity (Wildman–Crippen MR) is 113 cm³/mol. The molecule has 0 unspecified atom stereocenters. The van der Waals surface area contributed by atoms with E-state index < -0.39 is 11.6 Å². The molecule has 0 spiro atoms. The van der Waals surface area contributed by atoms with Crippen molar-refractivity contribution in [1.82, 2.24) is 5.32 Å². The Labute approximate surface area is 173 Å². The van der Waals surface area contributed by atoms with Crippen molar-refractivity contribution in [2.45, 2.75) is 18.7 Å². The number of nitrogens with zero attached hydrogens (tertiary/aromatic N) is 1. The Kier molecular flexibility index (Phi) is 4.77. The molecule has 1 N–H and O–H groups in total. The molecule has 0 saturated carbocycles.